The van der Waals surface area contributed by atoms with Crippen molar-refractivity contribution in [2.75, 3.05) is 5.43 Å². The zero-order chi connectivity index (χ0) is 17.6. The minimum absolute atomic E-state index is 0.173. The fourth-order valence-corrected chi connectivity index (χ4v) is 2.84. The summed E-state index contributed by atoms with van der Waals surface area (Å²) in [6.07, 6.45) is 8.83. The minimum Gasteiger partial charge on any atom is -0.298 e. The largest absolute Gasteiger partial charge is 0.298 e. The summed E-state index contributed by atoms with van der Waals surface area (Å²) in [7, 11) is 0. The third-order valence-corrected chi connectivity index (χ3v) is 4.16. The maximum Gasteiger partial charge on any atom is 0.271 e. The zero-order valence-corrected chi connectivity index (χ0v) is 13.8. The van der Waals surface area contributed by atoms with Gasteiger partial charge in [-0.2, -0.15) is 0 Å². The Labute approximate surface area is 145 Å². The third-order valence-electron chi connectivity index (χ3n) is 4.16. The quantitative estimate of drug-likeness (QED) is 0.836. The van der Waals surface area contributed by atoms with Crippen LogP contribution in [0.1, 0.15) is 42.5 Å². The fourth-order valence-electron chi connectivity index (χ4n) is 2.84. The number of anilines is 1. The van der Waals surface area contributed by atoms with E-state index in [2.05, 4.69) is 10.9 Å². The number of nitrogens with zero attached hydrogens (tertiary/aromatic N) is 1. The number of amides is 1. The SMILES string of the molecule is O=C(NNc1cccc(F)c1)c1ccc(=O)n(C=C2CCCCC2)c1. The Bertz CT molecular complexity index is 850. The lowest BCUT2D eigenvalue weighted by molar-refractivity contribution is 0.0962. The highest BCUT2D eigenvalue weighted by molar-refractivity contribution is 5.94. The summed E-state index contributed by atoms with van der Waals surface area (Å²) in [5.74, 6) is -0.799. The van der Waals surface area contributed by atoms with E-state index in [9.17, 15) is 14.0 Å². The molecule has 1 saturated carbocycles. The average molecular weight is 341 g/mol. The Morgan fingerprint density at radius 3 is 2.68 bits per heavy atom. The van der Waals surface area contributed by atoms with E-state index < -0.39 is 11.7 Å². The van der Waals surface area contributed by atoms with Crippen LogP contribution in [0.4, 0.5) is 10.1 Å². The highest BCUT2D eigenvalue weighted by atomic mass is 19.1. The van der Waals surface area contributed by atoms with Crippen LogP contribution in [0.25, 0.3) is 6.20 Å². The summed E-state index contributed by atoms with van der Waals surface area (Å²) in [5, 5.41) is 0. The molecule has 2 aromatic rings. The number of aromatic nitrogens is 1. The number of benzene rings is 1. The molecular weight excluding hydrogens is 321 g/mol. The molecular formula is C19H20FN3O2. The summed E-state index contributed by atoms with van der Waals surface area (Å²) in [4.78, 5) is 24.3. The lowest BCUT2D eigenvalue weighted by Gasteiger charge is -2.14. The smallest absolute Gasteiger partial charge is 0.271 e. The van der Waals surface area contributed by atoms with E-state index in [-0.39, 0.29) is 5.56 Å². The van der Waals surface area contributed by atoms with E-state index in [0.717, 1.165) is 25.7 Å². The second-order valence-corrected chi connectivity index (χ2v) is 6.10. The first kappa shape index (κ1) is 17.0. The highest BCUT2D eigenvalue weighted by Gasteiger charge is 2.09. The number of rotatable bonds is 4. The third kappa shape index (κ3) is 4.56. The first-order valence-corrected chi connectivity index (χ1v) is 8.35. The highest BCUT2D eigenvalue weighted by Crippen LogP contribution is 2.23. The predicted molar refractivity (Wildman–Crippen MR) is 95.5 cm³/mol. The molecule has 1 aromatic heterocycles. The van der Waals surface area contributed by atoms with Gasteiger partial charge in [0.05, 0.1) is 11.3 Å². The molecule has 0 saturated heterocycles. The number of pyridine rings is 1. The molecule has 5 nitrogen and oxygen atoms in total. The van der Waals surface area contributed by atoms with Crippen LogP contribution >= 0.6 is 0 Å². The van der Waals surface area contributed by atoms with Gasteiger partial charge in [-0.1, -0.05) is 18.1 Å². The van der Waals surface area contributed by atoms with Gasteiger partial charge >= 0.3 is 0 Å². The number of nitrogens with one attached hydrogen (secondary N) is 2. The van der Waals surface area contributed by atoms with Gasteiger partial charge in [-0.25, -0.2) is 4.39 Å². The van der Waals surface area contributed by atoms with Gasteiger partial charge < -0.3 is 0 Å². The van der Waals surface area contributed by atoms with Gasteiger partial charge in [0.2, 0.25) is 0 Å². The van der Waals surface area contributed by atoms with Crippen molar-refractivity contribution < 1.29 is 9.18 Å². The van der Waals surface area contributed by atoms with Crippen molar-refractivity contribution in [3.63, 3.8) is 0 Å². The summed E-state index contributed by atoms with van der Waals surface area (Å²) >= 11 is 0. The summed E-state index contributed by atoms with van der Waals surface area (Å²) < 4.78 is 14.6. The second-order valence-electron chi connectivity index (χ2n) is 6.10. The Morgan fingerprint density at radius 2 is 1.92 bits per heavy atom. The Hall–Kier alpha value is -2.89. The van der Waals surface area contributed by atoms with E-state index in [1.54, 1.807) is 12.1 Å². The van der Waals surface area contributed by atoms with E-state index >= 15 is 0 Å². The fraction of sp³-hybridized carbons (Fsp3) is 0.263. The van der Waals surface area contributed by atoms with Crippen LogP contribution in [0.5, 0.6) is 0 Å². The molecule has 2 N–H and O–H groups in total. The second kappa shape index (κ2) is 7.79. The van der Waals surface area contributed by atoms with Gasteiger partial charge in [-0.05, 0) is 49.9 Å². The van der Waals surface area contributed by atoms with Crippen LogP contribution in [0.15, 0.2) is 53.0 Å². The average Bonchev–Trinajstić information content (AvgIpc) is 2.62. The number of carbonyl (C=O) groups is 1. The molecule has 1 fully saturated rings. The number of halogens is 1. The molecule has 3 rings (SSSR count). The van der Waals surface area contributed by atoms with Crippen molar-refractivity contribution in [3.05, 3.63) is 69.9 Å². The van der Waals surface area contributed by atoms with Gasteiger partial charge in [0.15, 0.2) is 0 Å². The maximum absolute atomic E-state index is 13.1. The molecule has 6 heteroatoms. The molecule has 1 aliphatic rings. The van der Waals surface area contributed by atoms with Gasteiger partial charge in [0, 0.05) is 18.5 Å². The summed E-state index contributed by atoms with van der Waals surface area (Å²) in [6.45, 7) is 0. The Balaban J connectivity index is 1.72. The molecule has 25 heavy (non-hydrogen) atoms. The predicted octanol–water partition coefficient (Wildman–Crippen LogP) is 3.55. The first-order valence-electron chi connectivity index (χ1n) is 8.35. The van der Waals surface area contributed by atoms with E-state index in [1.807, 2.05) is 6.20 Å². The number of hydrazine groups is 1. The van der Waals surface area contributed by atoms with Crippen molar-refractivity contribution in [2.45, 2.75) is 32.1 Å². The lowest BCUT2D eigenvalue weighted by Crippen LogP contribution is -2.30. The molecule has 0 aliphatic heterocycles. The van der Waals surface area contributed by atoms with Crippen molar-refractivity contribution >= 4 is 17.8 Å². The normalized spacial score (nSPS) is 14.0. The molecule has 0 radical (unpaired) electrons. The molecule has 1 aromatic carbocycles. The van der Waals surface area contributed by atoms with Gasteiger partial charge in [-0.3, -0.25) is 25.0 Å². The van der Waals surface area contributed by atoms with Crippen molar-refractivity contribution in [2.24, 2.45) is 0 Å². The topological polar surface area (TPSA) is 63.1 Å². The van der Waals surface area contributed by atoms with Crippen molar-refractivity contribution in [1.29, 1.82) is 0 Å². The van der Waals surface area contributed by atoms with E-state index in [4.69, 9.17) is 0 Å². The zero-order valence-electron chi connectivity index (χ0n) is 13.8. The number of hydrogen-bond acceptors (Lipinski definition) is 3. The van der Waals surface area contributed by atoms with Crippen molar-refractivity contribution in [1.82, 2.24) is 9.99 Å². The Kier molecular flexibility index (Phi) is 5.28. The molecule has 0 atom stereocenters. The number of carbonyl (C=O) groups excluding carboxylic acids is 1. The number of allylic oxidation sites excluding steroid dienone is 1. The van der Waals surface area contributed by atoms with Crippen molar-refractivity contribution in [3.8, 4) is 0 Å². The van der Waals surface area contributed by atoms with Gasteiger partial charge in [-0.15, -0.1) is 0 Å². The lowest BCUT2D eigenvalue weighted by atomic mass is 9.96. The summed E-state index contributed by atoms with van der Waals surface area (Å²) in [6, 6.07) is 8.62. The molecule has 130 valence electrons. The van der Waals surface area contributed by atoms with Crippen LogP contribution in [-0.4, -0.2) is 10.5 Å². The number of hydrogen-bond donors (Lipinski definition) is 2. The molecule has 0 unspecified atom stereocenters. The monoisotopic (exact) mass is 341 g/mol. The molecule has 1 amide bonds. The standard InChI is InChI=1S/C19H20FN3O2/c20-16-7-4-8-17(11-16)21-22-19(25)15-9-10-18(24)23(13-15)12-14-5-2-1-3-6-14/h4,7-13,21H,1-3,5-6H2,(H,22,25). The van der Waals surface area contributed by atoms with Crippen LogP contribution in [0.2, 0.25) is 0 Å². The Morgan fingerprint density at radius 1 is 1.12 bits per heavy atom. The minimum atomic E-state index is -0.403. The van der Waals surface area contributed by atoms with Crippen LogP contribution < -0.4 is 16.4 Å². The van der Waals surface area contributed by atoms with E-state index in [0.29, 0.717) is 11.3 Å². The van der Waals surface area contributed by atoms with Crippen LogP contribution in [0, 0.1) is 5.82 Å². The molecule has 1 aliphatic carbocycles. The maximum atomic E-state index is 13.1. The van der Waals surface area contributed by atoms with Gasteiger partial charge in [0.1, 0.15) is 5.82 Å². The summed E-state index contributed by atoms with van der Waals surface area (Å²) in [5.41, 5.74) is 6.99. The van der Waals surface area contributed by atoms with Crippen LogP contribution in [0.3, 0.4) is 0 Å². The molecule has 1 heterocycles. The van der Waals surface area contributed by atoms with E-state index in [1.165, 1.54) is 47.0 Å². The first-order chi connectivity index (χ1) is 12.1. The molecule has 0 bridgehead atoms. The molecule has 0 spiro atoms. The van der Waals surface area contributed by atoms with Gasteiger partial charge in [0.25, 0.3) is 11.5 Å². The van der Waals surface area contributed by atoms with Crippen LogP contribution in [-0.2, 0) is 0 Å².